The lowest BCUT2D eigenvalue weighted by molar-refractivity contribution is -0.131. The number of hydrogen-bond donors (Lipinski definition) is 0. The first-order valence-electron chi connectivity index (χ1n) is 4.66. The molecule has 0 heterocycles. The van der Waals surface area contributed by atoms with Gasteiger partial charge in [-0.15, -0.1) is 0 Å². The SMILES string of the molecule is Cc1ccc(OC(=O)/C=C/C(=O)O[SiH3])cc1. The summed E-state index contributed by atoms with van der Waals surface area (Å²) in [4.78, 5) is 21.9. The van der Waals surface area contributed by atoms with Crippen molar-refractivity contribution >= 4 is 22.4 Å². The third-order valence-corrected chi connectivity index (χ3v) is 2.20. The molecule has 0 saturated heterocycles. The monoisotopic (exact) mass is 236 g/mol. The highest BCUT2D eigenvalue weighted by atomic mass is 28.2. The lowest BCUT2D eigenvalue weighted by Crippen LogP contribution is -2.05. The van der Waals surface area contributed by atoms with E-state index in [2.05, 4.69) is 4.43 Å². The molecule has 1 rings (SSSR count). The van der Waals surface area contributed by atoms with Crippen molar-refractivity contribution in [2.75, 3.05) is 0 Å². The number of carbonyl (C=O) groups excluding carboxylic acids is 2. The molecular weight excluding hydrogens is 224 g/mol. The normalized spacial score (nSPS) is 10.3. The Bertz CT molecular complexity index is 408. The van der Waals surface area contributed by atoms with Crippen molar-refractivity contribution in [3.05, 3.63) is 42.0 Å². The van der Waals surface area contributed by atoms with Gasteiger partial charge in [0.2, 0.25) is 10.5 Å². The Kier molecular flexibility index (Phi) is 4.47. The smallest absolute Gasteiger partial charge is 0.336 e. The van der Waals surface area contributed by atoms with E-state index in [1.807, 2.05) is 19.1 Å². The van der Waals surface area contributed by atoms with Crippen molar-refractivity contribution in [1.29, 1.82) is 0 Å². The second-order valence-electron chi connectivity index (χ2n) is 3.09. The van der Waals surface area contributed by atoms with E-state index in [1.165, 1.54) is 0 Å². The van der Waals surface area contributed by atoms with Crippen molar-refractivity contribution in [3.8, 4) is 5.75 Å². The molecule has 84 valence electrons. The average molecular weight is 236 g/mol. The van der Waals surface area contributed by atoms with Gasteiger partial charge >= 0.3 is 11.9 Å². The van der Waals surface area contributed by atoms with Crippen LogP contribution in [0.1, 0.15) is 5.56 Å². The van der Waals surface area contributed by atoms with Crippen LogP contribution in [0.5, 0.6) is 5.75 Å². The lowest BCUT2D eigenvalue weighted by Gasteiger charge is -2.00. The molecule has 0 N–H and O–H groups in total. The van der Waals surface area contributed by atoms with Crippen LogP contribution < -0.4 is 4.74 Å². The van der Waals surface area contributed by atoms with Crippen LogP contribution in [0.3, 0.4) is 0 Å². The molecular formula is C11H12O4Si. The van der Waals surface area contributed by atoms with E-state index in [0.29, 0.717) is 16.2 Å². The van der Waals surface area contributed by atoms with E-state index in [0.717, 1.165) is 17.7 Å². The van der Waals surface area contributed by atoms with Crippen molar-refractivity contribution < 1.29 is 18.8 Å². The minimum atomic E-state index is -0.601. The van der Waals surface area contributed by atoms with E-state index in [-0.39, 0.29) is 0 Å². The van der Waals surface area contributed by atoms with Gasteiger partial charge in [0.05, 0.1) is 0 Å². The summed E-state index contributed by atoms with van der Waals surface area (Å²) in [6.45, 7) is 1.94. The largest absolute Gasteiger partial charge is 0.526 e. The molecule has 1 aromatic rings. The summed E-state index contributed by atoms with van der Waals surface area (Å²) < 4.78 is 9.41. The molecule has 0 aromatic heterocycles. The van der Waals surface area contributed by atoms with Crippen molar-refractivity contribution in [1.82, 2.24) is 0 Å². The Morgan fingerprint density at radius 3 is 2.25 bits per heavy atom. The molecule has 0 spiro atoms. The summed E-state index contributed by atoms with van der Waals surface area (Å²) in [6.07, 6.45) is 2.09. The Balaban J connectivity index is 2.55. The summed E-state index contributed by atoms with van der Waals surface area (Å²) in [7, 11) is 0.306. The minimum absolute atomic E-state index is 0.306. The maximum Gasteiger partial charge on any atom is 0.336 e. The Labute approximate surface area is 96.4 Å². The van der Waals surface area contributed by atoms with E-state index in [9.17, 15) is 9.59 Å². The maximum atomic E-state index is 11.2. The van der Waals surface area contributed by atoms with Crippen LogP contribution in [0.25, 0.3) is 0 Å². The summed E-state index contributed by atoms with van der Waals surface area (Å²) in [5, 5.41) is 0. The third kappa shape index (κ3) is 4.10. The van der Waals surface area contributed by atoms with Gasteiger partial charge in [-0.25, -0.2) is 9.59 Å². The fourth-order valence-electron chi connectivity index (χ4n) is 0.961. The van der Waals surface area contributed by atoms with Crippen molar-refractivity contribution in [2.24, 2.45) is 0 Å². The zero-order chi connectivity index (χ0) is 12.0. The summed E-state index contributed by atoms with van der Waals surface area (Å²) in [5.74, 6) is -0.692. The number of esters is 1. The van der Waals surface area contributed by atoms with Gasteiger partial charge in [-0.1, -0.05) is 17.7 Å². The standard InChI is InChI=1S/C11H12O4Si/c1-8-2-4-9(5-3-8)14-10(12)6-7-11(13)15-16/h2-7H,1,16H3/b7-6+. The molecule has 0 unspecified atom stereocenters. The first-order valence-corrected chi connectivity index (χ1v) is 5.48. The van der Waals surface area contributed by atoms with Gasteiger partial charge < -0.3 is 9.16 Å². The number of benzene rings is 1. The van der Waals surface area contributed by atoms with Crippen LogP contribution in [0.2, 0.25) is 0 Å². The topological polar surface area (TPSA) is 52.6 Å². The lowest BCUT2D eigenvalue weighted by atomic mass is 10.2. The molecule has 0 fully saturated rings. The minimum Gasteiger partial charge on any atom is -0.526 e. The van der Waals surface area contributed by atoms with Gasteiger partial charge in [0.25, 0.3) is 0 Å². The molecule has 5 heteroatoms. The van der Waals surface area contributed by atoms with E-state index >= 15 is 0 Å². The molecule has 0 bridgehead atoms. The van der Waals surface area contributed by atoms with Crippen molar-refractivity contribution in [2.45, 2.75) is 6.92 Å². The molecule has 0 radical (unpaired) electrons. The van der Waals surface area contributed by atoms with E-state index in [4.69, 9.17) is 4.74 Å². The zero-order valence-corrected chi connectivity index (χ0v) is 11.1. The van der Waals surface area contributed by atoms with Crippen LogP contribution in [-0.4, -0.2) is 22.4 Å². The first-order chi connectivity index (χ1) is 7.61. The second kappa shape index (κ2) is 5.87. The van der Waals surface area contributed by atoms with Gasteiger partial charge in [0.15, 0.2) is 0 Å². The summed E-state index contributed by atoms with van der Waals surface area (Å²) >= 11 is 0. The van der Waals surface area contributed by atoms with Gasteiger partial charge in [-0.2, -0.15) is 0 Å². The predicted molar refractivity (Wildman–Crippen MR) is 62.0 cm³/mol. The van der Waals surface area contributed by atoms with Crippen molar-refractivity contribution in [3.63, 3.8) is 0 Å². The van der Waals surface area contributed by atoms with Gasteiger partial charge in [0.1, 0.15) is 5.75 Å². The molecule has 0 aliphatic rings. The fourth-order valence-corrected chi connectivity index (χ4v) is 1.10. The molecule has 1 aromatic carbocycles. The highest BCUT2D eigenvalue weighted by Gasteiger charge is 2.01. The highest BCUT2D eigenvalue weighted by molar-refractivity contribution is 6.08. The molecule has 4 nitrogen and oxygen atoms in total. The van der Waals surface area contributed by atoms with Crippen LogP contribution in [0.4, 0.5) is 0 Å². The Morgan fingerprint density at radius 2 is 1.69 bits per heavy atom. The molecule has 0 aliphatic carbocycles. The molecule has 0 amide bonds. The number of aryl methyl sites for hydroxylation is 1. The predicted octanol–water partition coefficient (Wildman–Crippen LogP) is 0.280. The van der Waals surface area contributed by atoms with E-state index in [1.54, 1.807) is 12.1 Å². The molecule has 16 heavy (non-hydrogen) atoms. The van der Waals surface area contributed by atoms with Crippen LogP contribution in [-0.2, 0) is 14.0 Å². The zero-order valence-electron chi connectivity index (χ0n) is 9.10. The van der Waals surface area contributed by atoms with Crippen LogP contribution in [0, 0.1) is 6.92 Å². The average Bonchev–Trinajstić information content (AvgIpc) is 2.29. The number of carbonyl (C=O) groups is 2. The number of hydrogen-bond acceptors (Lipinski definition) is 4. The maximum absolute atomic E-state index is 11.2. The van der Waals surface area contributed by atoms with Gasteiger partial charge in [-0.3, -0.25) is 0 Å². The van der Waals surface area contributed by atoms with E-state index < -0.39 is 11.9 Å². The second-order valence-corrected chi connectivity index (χ2v) is 3.50. The third-order valence-electron chi connectivity index (χ3n) is 1.80. The van der Waals surface area contributed by atoms with Gasteiger partial charge in [0, 0.05) is 12.2 Å². The first kappa shape index (κ1) is 12.2. The molecule has 0 saturated carbocycles. The Hall–Kier alpha value is -1.88. The Morgan fingerprint density at radius 1 is 1.12 bits per heavy atom. The van der Waals surface area contributed by atoms with Gasteiger partial charge in [-0.05, 0) is 19.1 Å². The number of ether oxygens (including phenoxy) is 1. The van der Waals surface area contributed by atoms with Crippen LogP contribution in [0.15, 0.2) is 36.4 Å². The van der Waals surface area contributed by atoms with Crippen LogP contribution >= 0.6 is 0 Å². The fraction of sp³-hybridized carbons (Fsp3) is 0.0909. The summed E-state index contributed by atoms with van der Waals surface area (Å²) in [6, 6.07) is 7.04. The quantitative estimate of drug-likeness (QED) is 0.327. The highest BCUT2D eigenvalue weighted by Crippen LogP contribution is 2.11. The molecule has 0 aliphatic heterocycles. The molecule has 0 atom stereocenters. The number of rotatable bonds is 3. The summed E-state index contributed by atoms with van der Waals surface area (Å²) in [5.41, 5.74) is 1.08.